The third kappa shape index (κ3) is 3.32. The van der Waals surface area contributed by atoms with Crippen molar-refractivity contribution in [3.63, 3.8) is 0 Å². The highest BCUT2D eigenvalue weighted by atomic mass is 32.2. The van der Waals surface area contributed by atoms with Crippen LogP contribution < -0.4 is 10.6 Å². The standard InChI is InChI=1S/C20H18FN5OS2/c1-2-28-20-25-24-19(29-20)26-14-8-5-9-15(27)17(14)16(12(10-22)18(26)23)11-6-3-4-7-13(11)21/h3-4,6-7,16H,2,5,8-9,23H2,1H3. The molecule has 148 valence electrons. The Bertz CT molecular complexity index is 1080. The smallest absolute Gasteiger partial charge is 0.219 e. The van der Waals surface area contributed by atoms with Crippen LogP contribution in [0.15, 0.2) is 51.3 Å². The summed E-state index contributed by atoms with van der Waals surface area (Å²) in [5, 5.41) is 18.8. The lowest BCUT2D eigenvalue weighted by Gasteiger charge is -2.38. The van der Waals surface area contributed by atoms with Crippen molar-refractivity contribution in [3.05, 3.63) is 58.3 Å². The van der Waals surface area contributed by atoms with E-state index in [1.165, 1.54) is 17.4 Å². The number of Topliss-reactive ketones (excluding diaryl/α,β-unsaturated/α-hetero) is 1. The average Bonchev–Trinajstić information content (AvgIpc) is 3.16. The van der Waals surface area contributed by atoms with Gasteiger partial charge in [0.05, 0.1) is 17.6 Å². The van der Waals surface area contributed by atoms with Crippen molar-refractivity contribution in [1.82, 2.24) is 10.2 Å². The number of aromatic nitrogens is 2. The molecule has 6 nitrogen and oxygen atoms in total. The highest BCUT2D eigenvalue weighted by Crippen LogP contribution is 2.47. The van der Waals surface area contributed by atoms with Crippen LogP contribution in [0.1, 0.15) is 37.7 Å². The van der Waals surface area contributed by atoms with Gasteiger partial charge >= 0.3 is 0 Å². The average molecular weight is 428 g/mol. The Morgan fingerprint density at radius 3 is 2.90 bits per heavy atom. The van der Waals surface area contributed by atoms with Crippen LogP contribution >= 0.6 is 23.1 Å². The molecule has 0 saturated heterocycles. The Labute approximate surface area is 175 Å². The number of halogens is 1. The number of rotatable bonds is 4. The Balaban J connectivity index is 1.93. The monoisotopic (exact) mass is 427 g/mol. The lowest BCUT2D eigenvalue weighted by atomic mass is 9.75. The molecule has 2 aliphatic rings. The van der Waals surface area contributed by atoms with Crippen LogP contribution in [0.25, 0.3) is 0 Å². The molecule has 1 aromatic heterocycles. The molecule has 1 unspecified atom stereocenters. The molecule has 9 heteroatoms. The number of benzene rings is 1. The van der Waals surface area contributed by atoms with Crippen LogP contribution in [0.2, 0.25) is 0 Å². The predicted molar refractivity (Wildman–Crippen MR) is 111 cm³/mol. The van der Waals surface area contributed by atoms with Crippen molar-refractivity contribution >= 4 is 34.0 Å². The molecule has 2 N–H and O–H groups in total. The lowest BCUT2D eigenvalue weighted by Crippen LogP contribution is -2.38. The second-order valence-electron chi connectivity index (χ2n) is 6.62. The largest absolute Gasteiger partial charge is 0.384 e. The molecule has 0 radical (unpaired) electrons. The van der Waals surface area contributed by atoms with Crippen molar-refractivity contribution in [2.24, 2.45) is 5.73 Å². The summed E-state index contributed by atoms with van der Waals surface area (Å²) in [4.78, 5) is 14.6. The van der Waals surface area contributed by atoms with E-state index >= 15 is 0 Å². The molecule has 1 aliphatic carbocycles. The Morgan fingerprint density at radius 1 is 1.38 bits per heavy atom. The molecule has 2 heterocycles. The van der Waals surface area contributed by atoms with Gasteiger partial charge in [0.15, 0.2) is 10.1 Å². The minimum atomic E-state index is -0.808. The molecule has 1 aromatic carbocycles. The van der Waals surface area contributed by atoms with Crippen LogP contribution in [0.3, 0.4) is 0 Å². The molecule has 0 amide bonds. The molecular weight excluding hydrogens is 409 g/mol. The van der Waals surface area contributed by atoms with Gasteiger partial charge in [0.25, 0.3) is 0 Å². The van der Waals surface area contributed by atoms with Crippen LogP contribution in [0.4, 0.5) is 9.52 Å². The Kier molecular flexibility index (Phi) is 5.39. The molecular formula is C20H18FN5OS2. The van der Waals surface area contributed by atoms with Gasteiger partial charge in [-0.2, -0.15) is 5.26 Å². The summed E-state index contributed by atoms with van der Waals surface area (Å²) in [7, 11) is 0. The third-order valence-corrected chi connectivity index (χ3v) is 6.91. The molecule has 4 rings (SSSR count). The summed E-state index contributed by atoms with van der Waals surface area (Å²) in [6.45, 7) is 2.02. The second kappa shape index (κ2) is 7.97. The number of ketones is 1. The maximum atomic E-state index is 14.7. The van der Waals surface area contributed by atoms with Gasteiger partial charge in [-0.1, -0.05) is 48.2 Å². The van der Waals surface area contributed by atoms with Crippen LogP contribution in [0, 0.1) is 17.1 Å². The number of carbonyl (C=O) groups excluding carboxylic acids is 1. The molecule has 0 spiro atoms. The fourth-order valence-corrected chi connectivity index (χ4v) is 5.58. The Hall–Kier alpha value is -2.70. The van der Waals surface area contributed by atoms with E-state index in [9.17, 15) is 14.4 Å². The minimum absolute atomic E-state index is 0.0857. The van der Waals surface area contributed by atoms with E-state index in [1.54, 1.807) is 34.9 Å². The fraction of sp³-hybridized carbons (Fsp3) is 0.300. The number of nitriles is 1. The van der Waals surface area contributed by atoms with Crippen LogP contribution in [-0.4, -0.2) is 21.7 Å². The van der Waals surface area contributed by atoms with Gasteiger partial charge in [-0.3, -0.25) is 9.69 Å². The third-order valence-electron chi connectivity index (χ3n) is 4.98. The van der Waals surface area contributed by atoms with E-state index in [0.29, 0.717) is 35.7 Å². The number of hydrogen-bond donors (Lipinski definition) is 1. The van der Waals surface area contributed by atoms with E-state index in [1.807, 2.05) is 6.92 Å². The molecule has 0 saturated carbocycles. The summed E-state index contributed by atoms with van der Waals surface area (Å²) in [5.74, 6) is -0.326. The zero-order chi connectivity index (χ0) is 20.5. The summed E-state index contributed by atoms with van der Waals surface area (Å²) in [6.07, 6.45) is 1.63. The van der Waals surface area contributed by atoms with Crippen molar-refractivity contribution in [2.45, 2.75) is 36.4 Å². The summed E-state index contributed by atoms with van der Waals surface area (Å²) in [6, 6.07) is 8.34. The molecule has 1 atom stereocenters. The van der Waals surface area contributed by atoms with Gasteiger partial charge in [-0.25, -0.2) is 4.39 Å². The number of carbonyl (C=O) groups is 1. The predicted octanol–water partition coefficient (Wildman–Crippen LogP) is 4.09. The fourth-order valence-electron chi connectivity index (χ4n) is 3.80. The van der Waals surface area contributed by atoms with E-state index in [-0.39, 0.29) is 22.7 Å². The topological polar surface area (TPSA) is 95.9 Å². The number of hydrogen-bond acceptors (Lipinski definition) is 8. The van der Waals surface area contributed by atoms with Gasteiger partial charge < -0.3 is 5.73 Å². The minimum Gasteiger partial charge on any atom is -0.384 e. The maximum absolute atomic E-state index is 14.7. The molecule has 29 heavy (non-hydrogen) atoms. The second-order valence-corrected chi connectivity index (χ2v) is 9.09. The molecule has 2 aromatic rings. The van der Waals surface area contributed by atoms with Crippen molar-refractivity contribution in [3.8, 4) is 6.07 Å². The van der Waals surface area contributed by atoms with Gasteiger partial charge in [0.2, 0.25) is 5.13 Å². The van der Waals surface area contributed by atoms with Gasteiger partial charge in [-0.05, 0) is 24.7 Å². The van der Waals surface area contributed by atoms with Gasteiger partial charge in [0.1, 0.15) is 11.6 Å². The maximum Gasteiger partial charge on any atom is 0.219 e. The lowest BCUT2D eigenvalue weighted by molar-refractivity contribution is -0.116. The zero-order valence-electron chi connectivity index (χ0n) is 15.7. The SMILES string of the molecule is CCSc1nnc(N2C(N)=C(C#N)C(c3ccccc3F)C3=C2CCCC3=O)s1. The highest BCUT2D eigenvalue weighted by Gasteiger charge is 2.42. The van der Waals surface area contributed by atoms with Gasteiger partial charge in [0, 0.05) is 23.3 Å². The first-order chi connectivity index (χ1) is 14.1. The van der Waals surface area contributed by atoms with Crippen molar-refractivity contribution in [2.75, 3.05) is 10.7 Å². The number of nitrogens with zero attached hydrogens (tertiary/aromatic N) is 4. The van der Waals surface area contributed by atoms with Crippen molar-refractivity contribution < 1.29 is 9.18 Å². The molecule has 0 fully saturated rings. The van der Waals surface area contributed by atoms with E-state index < -0.39 is 11.7 Å². The van der Waals surface area contributed by atoms with Crippen LogP contribution in [-0.2, 0) is 4.79 Å². The number of allylic oxidation sites excluding steroid dienone is 3. The summed E-state index contributed by atoms with van der Waals surface area (Å²) < 4.78 is 15.4. The number of thioether (sulfide) groups is 1. The normalized spacial score (nSPS) is 19.4. The first-order valence-corrected chi connectivity index (χ1v) is 11.0. The van der Waals surface area contributed by atoms with E-state index in [0.717, 1.165) is 10.1 Å². The summed E-state index contributed by atoms with van der Waals surface area (Å²) in [5.41, 5.74) is 8.00. The Morgan fingerprint density at radius 2 is 2.17 bits per heavy atom. The van der Waals surface area contributed by atoms with Crippen molar-refractivity contribution in [1.29, 1.82) is 5.26 Å². The first-order valence-electron chi connectivity index (χ1n) is 9.23. The summed E-state index contributed by atoms with van der Waals surface area (Å²) >= 11 is 2.92. The van der Waals surface area contributed by atoms with E-state index in [4.69, 9.17) is 5.73 Å². The number of nitrogens with two attached hydrogens (primary N) is 1. The van der Waals surface area contributed by atoms with Crippen LogP contribution in [0.5, 0.6) is 0 Å². The van der Waals surface area contributed by atoms with E-state index in [2.05, 4.69) is 16.3 Å². The quantitative estimate of drug-likeness (QED) is 0.734. The van der Waals surface area contributed by atoms with Gasteiger partial charge in [-0.15, -0.1) is 10.2 Å². The zero-order valence-corrected chi connectivity index (χ0v) is 17.3. The first kappa shape index (κ1) is 19.6. The molecule has 1 aliphatic heterocycles. The number of anilines is 1. The molecule has 0 bridgehead atoms. The highest BCUT2D eigenvalue weighted by molar-refractivity contribution is 8.01.